The lowest BCUT2D eigenvalue weighted by atomic mass is 10.1. The summed E-state index contributed by atoms with van der Waals surface area (Å²) >= 11 is 6.16. The molecule has 0 amide bonds. The van der Waals surface area contributed by atoms with E-state index in [2.05, 4.69) is 5.32 Å². The van der Waals surface area contributed by atoms with Crippen LogP contribution in [-0.2, 0) is 0 Å². The molecule has 3 aromatic carbocycles. The molecule has 1 heterocycles. The van der Waals surface area contributed by atoms with Crippen molar-refractivity contribution in [3.05, 3.63) is 83.4 Å². The molecule has 0 aliphatic carbocycles. The van der Waals surface area contributed by atoms with Crippen molar-refractivity contribution in [2.75, 3.05) is 5.32 Å². The number of nitrogens with zero attached hydrogens (tertiary/aromatic N) is 2. The topological polar surface area (TPSA) is 37.8 Å². The number of anilines is 2. The molecule has 0 aliphatic rings. The first kappa shape index (κ1) is 15.6. The number of aromatic nitrogens is 2. The van der Waals surface area contributed by atoms with E-state index in [0.717, 1.165) is 33.5 Å². The fourth-order valence-electron chi connectivity index (χ4n) is 2.74. The molecule has 0 fully saturated rings. The van der Waals surface area contributed by atoms with Gasteiger partial charge in [-0.1, -0.05) is 60.1 Å². The molecule has 0 saturated heterocycles. The van der Waals surface area contributed by atoms with Crippen LogP contribution in [0.25, 0.3) is 22.3 Å². The minimum Gasteiger partial charge on any atom is -0.339 e. The molecule has 1 N–H and O–H groups in total. The standard InChI is InChI=1S/C21H16ClN3/c1-14-11-12-16(22)13-19(14)24-21-17-9-5-6-10-18(17)23-20(25-21)15-7-3-2-4-8-15/h2-13H,1H3,(H,23,24,25). The summed E-state index contributed by atoms with van der Waals surface area (Å²) in [5.41, 5.74) is 3.93. The third-order valence-corrected chi connectivity index (χ3v) is 4.32. The molecular formula is C21H16ClN3. The summed E-state index contributed by atoms with van der Waals surface area (Å²) in [7, 11) is 0. The van der Waals surface area contributed by atoms with Gasteiger partial charge in [0.05, 0.1) is 5.52 Å². The molecule has 0 radical (unpaired) electrons. The van der Waals surface area contributed by atoms with E-state index in [1.807, 2.05) is 79.7 Å². The molecule has 4 rings (SSSR count). The molecule has 1 aromatic heterocycles. The van der Waals surface area contributed by atoms with Crippen LogP contribution in [0, 0.1) is 6.92 Å². The molecule has 0 saturated carbocycles. The lowest BCUT2D eigenvalue weighted by molar-refractivity contribution is 1.22. The van der Waals surface area contributed by atoms with Crippen molar-refractivity contribution in [1.29, 1.82) is 0 Å². The first-order valence-corrected chi connectivity index (χ1v) is 8.44. The minimum absolute atomic E-state index is 0.690. The molecule has 4 heteroatoms. The van der Waals surface area contributed by atoms with Crippen LogP contribution in [0.5, 0.6) is 0 Å². The fourth-order valence-corrected chi connectivity index (χ4v) is 2.92. The lowest BCUT2D eigenvalue weighted by Crippen LogP contribution is -2.00. The van der Waals surface area contributed by atoms with E-state index in [1.165, 1.54) is 0 Å². The molecular weight excluding hydrogens is 330 g/mol. The molecule has 0 spiro atoms. The summed E-state index contributed by atoms with van der Waals surface area (Å²) in [6, 6.07) is 23.8. The van der Waals surface area contributed by atoms with Gasteiger partial charge < -0.3 is 5.32 Å². The van der Waals surface area contributed by atoms with Gasteiger partial charge in [-0.15, -0.1) is 0 Å². The Hall–Kier alpha value is -2.91. The van der Waals surface area contributed by atoms with Gasteiger partial charge in [-0.25, -0.2) is 9.97 Å². The van der Waals surface area contributed by atoms with Gasteiger partial charge in [-0.3, -0.25) is 0 Å². The third kappa shape index (κ3) is 3.19. The number of nitrogens with one attached hydrogen (secondary N) is 1. The number of halogens is 1. The lowest BCUT2D eigenvalue weighted by Gasteiger charge is -2.13. The Morgan fingerprint density at radius 3 is 2.44 bits per heavy atom. The van der Waals surface area contributed by atoms with Crippen molar-refractivity contribution in [3.8, 4) is 11.4 Å². The molecule has 0 aliphatic heterocycles. The molecule has 25 heavy (non-hydrogen) atoms. The maximum atomic E-state index is 6.16. The maximum Gasteiger partial charge on any atom is 0.162 e. The van der Waals surface area contributed by atoms with Crippen LogP contribution < -0.4 is 5.32 Å². The zero-order chi connectivity index (χ0) is 17.2. The SMILES string of the molecule is Cc1ccc(Cl)cc1Nc1nc(-c2ccccc2)nc2ccccc12. The second-order valence-corrected chi connectivity index (χ2v) is 6.30. The van der Waals surface area contributed by atoms with Gasteiger partial charge in [0.15, 0.2) is 5.82 Å². The summed E-state index contributed by atoms with van der Waals surface area (Å²) < 4.78 is 0. The smallest absolute Gasteiger partial charge is 0.162 e. The molecule has 0 unspecified atom stereocenters. The number of hydrogen-bond acceptors (Lipinski definition) is 3. The Morgan fingerprint density at radius 2 is 1.60 bits per heavy atom. The number of para-hydroxylation sites is 1. The van der Waals surface area contributed by atoms with Crippen molar-refractivity contribution in [2.45, 2.75) is 6.92 Å². The van der Waals surface area contributed by atoms with E-state index in [-0.39, 0.29) is 0 Å². The molecule has 0 atom stereocenters. The van der Waals surface area contributed by atoms with Crippen molar-refractivity contribution in [2.24, 2.45) is 0 Å². The van der Waals surface area contributed by atoms with E-state index in [1.54, 1.807) is 0 Å². The van der Waals surface area contributed by atoms with Gasteiger partial charge in [0.2, 0.25) is 0 Å². The average Bonchev–Trinajstić information content (AvgIpc) is 2.65. The largest absolute Gasteiger partial charge is 0.339 e. The van der Waals surface area contributed by atoms with Gasteiger partial charge in [-0.2, -0.15) is 0 Å². The second-order valence-electron chi connectivity index (χ2n) is 5.86. The molecule has 0 bridgehead atoms. The minimum atomic E-state index is 0.690. The van der Waals surface area contributed by atoms with Gasteiger partial charge in [0, 0.05) is 21.7 Å². The quantitative estimate of drug-likeness (QED) is 0.494. The fraction of sp³-hybridized carbons (Fsp3) is 0.0476. The third-order valence-electron chi connectivity index (χ3n) is 4.09. The van der Waals surface area contributed by atoms with Crippen LogP contribution in [0.3, 0.4) is 0 Å². The zero-order valence-electron chi connectivity index (χ0n) is 13.7. The van der Waals surface area contributed by atoms with E-state index in [4.69, 9.17) is 21.6 Å². The predicted molar refractivity (Wildman–Crippen MR) is 104 cm³/mol. The second kappa shape index (κ2) is 6.54. The van der Waals surface area contributed by atoms with E-state index in [0.29, 0.717) is 10.8 Å². The molecule has 4 aromatic rings. The Balaban J connectivity index is 1.88. The summed E-state index contributed by atoms with van der Waals surface area (Å²) in [6.45, 7) is 2.04. The highest BCUT2D eigenvalue weighted by atomic mass is 35.5. The number of aryl methyl sites for hydroxylation is 1. The van der Waals surface area contributed by atoms with Crippen molar-refractivity contribution in [1.82, 2.24) is 9.97 Å². The predicted octanol–water partition coefficient (Wildman–Crippen LogP) is 6.00. The van der Waals surface area contributed by atoms with Crippen LogP contribution in [0.4, 0.5) is 11.5 Å². The van der Waals surface area contributed by atoms with E-state index < -0.39 is 0 Å². The Bertz CT molecular complexity index is 1050. The average molecular weight is 346 g/mol. The Morgan fingerprint density at radius 1 is 0.840 bits per heavy atom. The van der Waals surface area contributed by atoms with Crippen LogP contribution in [0.15, 0.2) is 72.8 Å². The number of benzene rings is 3. The van der Waals surface area contributed by atoms with Gasteiger partial charge in [0.1, 0.15) is 5.82 Å². The maximum absolute atomic E-state index is 6.16. The number of rotatable bonds is 3. The Labute approximate surface area is 151 Å². The van der Waals surface area contributed by atoms with Crippen LogP contribution in [0.1, 0.15) is 5.56 Å². The summed E-state index contributed by atoms with van der Waals surface area (Å²) in [6.07, 6.45) is 0. The van der Waals surface area contributed by atoms with E-state index >= 15 is 0 Å². The van der Waals surface area contributed by atoms with Crippen molar-refractivity contribution < 1.29 is 0 Å². The van der Waals surface area contributed by atoms with Gasteiger partial charge in [-0.05, 0) is 36.8 Å². The van der Waals surface area contributed by atoms with Crippen LogP contribution in [0.2, 0.25) is 5.02 Å². The van der Waals surface area contributed by atoms with Gasteiger partial charge in [0.25, 0.3) is 0 Å². The highest BCUT2D eigenvalue weighted by Gasteiger charge is 2.10. The molecule has 122 valence electrons. The normalized spacial score (nSPS) is 10.8. The highest BCUT2D eigenvalue weighted by Crippen LogP contribution is 2.29. The number of fused-ring (bicyclic) bond motifs is 1. The Kier molecular flexibility index (Phi) is 4.08. The monoisotopic (exact) mass is 345 g/mol. The highest BCUT2D eigenvalue weighted by molar-refractivity contribution is 6.30. The van der Waals surface area contributed by atoms with Gasteiger partial charge >= 0.3 is 0 Å². The van der Waals surface area contributed by atoms with Crippen LogP contribution in [-0.4, -0.2) is 9.97 Å². The zero-order valence-corrected chi connectivity index (χ0v) is 14.5. The van der Waals surface area contributed by atoms with E-state index in [9.17, 15) is 0 Å². The van der Waals surface area contributed by atoms with Crippen molar-refractivity contribution in [3.63, 3.8) is 0 Å². The summed E-state index contributed by atoms with van der Waals surface area (Å²) in [5.74, 6) is 1.47. The van der Waals surface area contributed by atoms with Crippen molar-refractivity contribution >= 4 is 34.0 Å². The van der Waals surface area contributed by atoms with Crippen LogP contribution >= 0.6 is 11.6 Å². The first-order valence-electron chi connectivity index (χ1n) is 8.06. The summed E-state index contributed by atoms with van der Waals surface area (Å²) in [5, 5.41) is 5.09. The first-order chi connectivity index (χ1) is 12.2. The summed E-state index contributed by atoms with van der Waals surface area (Å²) in [4.78, 5) is 9.48. The molecule has 3 nitrogen and oxygen atoms in total. The number of hydrogen-bond donors (Lipinski definition) is 1.